The average Bonchev–Trinajstić information content (AvgIpc) is 3.17. The van der Waals surface area contributed by atoms with Gasteiger partial charge in [0.15, 0.2) is 5.82 Å². The van der Waals surface area contributed by atoms with Crippen molar-refractivity contribution in [1.82, 2.24) is 14.8 Å². The molecule has 5 nitrogen and oxygen atoms in total. The van der Waals surface area contributed by atoms with E-state index in [9.17, 15) is 4.79 Å². The molecule has 3 aromatic rings. The first-order valence-corrected chi connectivity index (χ1v) is 7.60. The first kappa shape index (κ1) is 14.2. The number of carbonyl (C=O) groups is 1. The van der Waals surface area contributed by atoms with Gasteiger partial charge in [-0.2, -0.15) is 5.10 Å². The molecule has 1 N–H and O–H groups in total. The third-order valence-corrected chi connectivity index (χ3v) is 4.04. The van der Waals surface area contributed by atoms with Crippen molar-refractivity contribution in [3.8, 4) is 5.82 Å². The van der Waals surface area contributed by atoms with Gasteiger partial charge in [0.05, 0.1) is 5.69 Å². The van der Waals surface area contributed by atoms with Crippen LogP contribution in [0.5, 0.6) is 0 Å². The molecule has 1 amide bonds. The smallest absolute Gasteiger partial charge is 0.248 e. The Bertz CT molecular complexity index is 805. The first-order chi connectivity index (χ1) is 10.7. The molecule has 0 fully saturated rings. The summed E-state index contributed by atoms with van der Waals surface area (Å²) in [5.74, 6) is 0.385. The van der Waals surface area contributed by atoms with Gasteiger partial charge in [0.2, 0.25) is 5.91 Å². The summed E-state index contributed by atoms with van der Waals surface area (Å²) in [7, 11) is 0. The Balaban J connectivity index is 1.78. The van der Waals surface area contributed by atoms with Crippen LogP contribution in [0.1, 0.15) is 10.4 Å². The van der Waals surface area contributed by atoms with Crippen LogP contribution in [0.4, 0.5) is 5.69 Å². The number of rotatable bonds is 4. The molecule has 22 heavy (non-hydrogen) atoms. The normalized spacial score (nSPS) is 11.0. The number of aryl methyl sites for hydroxylation is 1. The Hall–Kier alpha value is -2.73. The molecule has 6 heteroatoms. The Morgan fingerprint density at radius 1 is 1.32 bits per heavy atom. The zero-order chi connectivity index (χ0) is 15.4. The van der Waals surface area contributed by atoms with E-state index in [0.717, 1.165) is 10.4 Å². The first-order valence-electron chi connectivity index (χ1n) is 6.72. The summed E-state index contributed by atoms with van der Waals surface area (Å²) < 4.78 is 1.61. The summed E-state index contributed by atoms with van der Waals surface area (Å²) >= 11 is 1.61. The second kappa shape index (κ2) is 6.36. The van der Waals surface area contributed by atoms with Gasteiger partial charge in [-0.05, 0) is 48.2 Å². The van der Waals surface area contributed by atoms with Gasteiger partial charge < -0.3 is 5.32 Å². The predicted octanol–water partition coefficient (Wildman–Crippen LogP) is 3.29. The van der Waals surface area contributed by atoms with E-state index >= 15 is 0 Å². The van der Waals surface area contributed by atoms with Crippen molar-refractivity contribution in [3.05, 3.63) is 64.8 Å². The van der Waals surface area contributed by atoms with Gasteiger partial charge in [0.1, 0.15) is 0 Å². The number of anilines is 1. The molecule has 0 saturated carbocycles. The number of carbonyl (C=O) groups excluding carboxylic acids is 1. The number of nitrogens with zero attached hydrogens (tertiary/aromatic N) is 3. The Morgan fingerprint density at radius 2 is 2.23 bits per heavy atom. The molecular weight excluding hydrogens is 296 g/mol. The lowest BCUT2D eigenvalue weighted by Gasteiger charge is -2.08. The van der Waals surface area contributed by atoms with E-state index in [2.05, 4.69) is 15.4 Å². The molecule has 0 aromatic carbocycles. The van der Waals surface area contributed by atoms with E-state index in [-0.39, 0.29) is 5.91 Å². The molecular formula is C16H14N4OS. The largest absolute Gasteiger partial charge is 0.319 e. The van der Waals surface area contributed by atoms with Crippen LogP contribution in [-0.2, 0) is 4.79 Å². The lowest BCUT2D eigenvalue weighted by molar-refractivity contribution is -0.111. The minimum Gasteiger partial charge on any atom is -0.319 e. The third-order valence-electron chi connectivity index (χ3n) is 3.05. The highest BCUT2D eigenvalue weighted by Gasteiger charge is 2.07. The van der Waals surface area contributed by atoms with Crippen molar-refractivity contribution in [1.29, 1.82) is 0 Å². The van der Waals surface area contributed by atoms with Crippen LogP contribution in [0, 0.1) is 6.92 Å². The molecule has 110 valence electrons. The highest BCUT2D eigenvalue weighted by Crippen LogP contribution is 2.18. The molecule has 3 rings (SSSR count). The van der Waals surface area contributed by atoms with E-state index < -0.39 is 0 Å². The number of nitrogens with one attached hydrogen (secondary N) is 1. The molecule has 0 unspecified atom stereocenters. The molecule has 0 aliphatic heterocycles. The molecule has 0 aliphatic carbocycles. The van der Waals surface area contributed by atoms with Gasteiger partial charge in [-0.15, -0.1) is 11.3 Å². The zero-order valence-corrected chi connectivity index (χ0v) is 12.7. The second-order valence-electron chi connectivity index (χ2n) is 4.62. The van der Waals surface area contributed by atoms with Gasteiger partial charge in [0.25, 0.3) is 0 Å². The number of hydrogen-bond donors (Lipinski definition) is 1. The maximum absolute atomic E-state index is 12.1. The summed E-state index contributed by atoms with van der Waals surface area (Å²) in [5, 5.41) is 8.98. The minimum absolute atomic E-state index is 0.200. The Kier molecular flexibility index (Phi) is 4.11. The van der Waals surface area contributed by atoms with Gasteiger partial charge >= 0.3 is 0 Å². The topological polar surface area (TPSA) is 59.8 Å². The highest BCUT2D eigenvalue weighted by atomic mass is 32.1. The molecule has 3 heterocycles. The fraction of sp³-hybridized carbons (Fsp3) is 0.0625. The van der Waals surface area contributed by atoms with E-state index in [4.69, 9.17) is 0 Å². The van der Waals surface area contributed by atoms with E-state index in [0.29, 0.717) is 11.5 Å². The fourth-order valence-corrected chi connectivity index (χ4v) is 2.77. The van der Waals surface area contributed by atoms with Crippen molar-refractivity contribution in [2.75, 3.05) is 5.32 Å². The quantitative estimate of drug-likeness (QED) is 0.752. The fourth-order valence-electron chi connectivity index (χ4n) is 1.95. The summed E-state index contributed by atoms with van der Waals surface area (Å²) in [5.41, 5.74) is 1.77. The maximum atomic E-state index is 12.1. The van der Waals surface area contributed by atoms with Crippen molar-refractivity contribution >= 4 is 29.0 Å². The van der Waals surface area contributed by atoms with Crippen molar-refractivity contribution in [2.45, 2.75) is 6.92 Å². The van der Waals surface area contributed by atoms with Crippen LogP contribution >= 0.6 is 11.3 Å². The molecule has 0 saturated heterocycles. The van der Waals surface area contributed by atoms with E-state index in [1.165, 1.54) is 6.08 Å². The number of pyridine rings is 1. The van der Waals surface area contributed by atoms with Crippen LogP contribution < -0.4 is 5.32 Å². The van der Waals surface area contributed by atoms with E-state index in [1.807, 2.05) is 24.4 Å². The SMILES string of the molecule is Cc1ccsc1/C=C/C(=O)Nc1cccnc1-n1cccn1. The summed E-state index contributed by atoms with van der Waals surface area (Å²) in [6.07, 6.45) is 8.46. The third kappa shape index (κ3) is 3.12. The molecule has 0 radical (unpaired) electrons. The molecule has 0 spiro atoms. The predicted molar refractivity (Wildman–Crippen MR) is 88.1 cm³/mol. The molecule has 0 aliphatic rings. The number of aromatic nitrogens is 3. The highest BCUT2D eigenvalue weighted by molar-refractivity contribution is 7.11. The molecule has 0 bridgehead atoms. The Morgan fingerprint density at radius 3 is 2.95 bits per heavy atom. The van der Waals surface area contributed by atoms with Crippen molar-refractivity contribution in [2.24, 2.45) is 0 Å². The van der Waals surface area contributed by atoms with E-state index in [1.54, 1.807) is 52.8 Å². The van der Waals surface area contributed by atoms with Crippen LogP contribution in [-0.4, -0.2) is 20.7 Å². The number of amides is 1. The van der Waals surface area contributed by atoms with Crippen LogP contribution in [0.3, 0.4) is 0 Å². The summed E-state index contributed by atoms with van der Waals surface area (Å²) in [6, 6.07) is 7.40. The lowest BCUT2D eigenvalue weighted by Crippen LogP contribution is -2.11. The van der Waals surface area contributed by atoms with Crippen LogP contribution in [0.2, 0.25) is 0 Å². The van der Waals surface area contributed by atoms with Gasteiger partial charge in [-0.25, -0.2) is 9.67 Å². The maximum Gasteiger partial charge on any atom is 0.248 e. The summed E-state index contributed by atoms with van der Waals surface area (Å²) in [4.78, 5) is 17.4. The standard InChI is InChI=1S/C16H14N4OS/c1-12-7-11-22-14(12)5-6-15(21)19-13-4-2-8-17-16(13)20-10-3-9-18-20/h2-11H,1H3,(H,19,21)/b6-5+. The Labute approximate surface area is 131 Å². The molecule has 0 atom stereocenters. The van der Waals surface area contributed by atoms with Crippen molar-refractivity contribution < 1.29 is 4.79 Å². The van der Waals surface area contributed by atoms with Crippen LogP contribution in [0.15, 0.2) is 54.3 Å². The lowest BCUT2D eigenvalue weighted by atomic mass is 10.3. The molecule has 3 aromatic heterocycles. The van der Waals surface area contributed by atoms with Crippen molar-refractivity contribution in [3.63, 3.8) is 0 Å². The van der Waals surface area contributed by atoms with Gasteiger partial charge in [0, 0.05) is 29.5 Å². The monoisotopic (exact) mass is 310 g/mol. The minimum atomic E-state index is -0.200. The van der Waals surface area contributed by atoms with Gasteiger partial charge in [-0.3, -0.25) is 4.79 Å². The average molecular weight is 310 g/mol. The second-order valence-corrected chi connectivity index (χ2v) is 5.56. The number of hydrogen-bond acceptors (Lipinski definition) is 4. The number of thiophene rings is 1. The summed E-state index contributed by atoms with van der Waals surface area (Å²) in [6.45, 7) is 2.02. The zero-order valence-electron chi connectivity index (χ0n) is 11.9. The van der Waals surface area contributed by atoms with Gasteiger partial charge in [-0.1, -0.05) is 0 Å². The van der Waals surface area contributed by atoms with Crippen LogP contribution in [0.25, 0.3) is 11.9 Å².